The fraction of sp³-hybridized carbons (Fsp3) is 0.667. The van der Waals surface area contributed by atoms with E-state index < -0.39 is 0 Å². The van der Waals surface area contributed by atoms with E-state index in [4.69, 9.17) is 9.15 Å². The summed E-state index contributed by atoms with van der Waals surface area (Å²) in [5, 5.41) is 3.09. The minimum absolute atomic E-state index is 0.0579. The molecule has 1 aliphatic heterocycles. The third kappa shape index (κ3) is 4.22. The lowest BCUT2D eigenvalue weighted by Gasteiger charge is -2.25. The van der Waals surface area contributed by atoms with Crippen molar-refractivity contribution in [3.8, 4) is 0 Å². The summed E-state index contributed by atoms with van der Waals surface area (Å²) in [5.74, 6) is 0.792. The zero-order valence-corrected chi connectivity index (χ0v) is 13.0. The first-order valence-corrected chi connectivity index (χ1v) is 7.40. The zero-order chi connectivity index (χ0) is 15.2. The summed E-state index contributed by atoms with van der Waals surface area (Å²) < 4.78 is 10.4. The van der Waals surface area contributed by atoms with Crippen molar-refractivity contribution in [3.63, 3.8) is 0 Å². The largest absolute Gasteiger partial charge is 0.467 e. The van der Waals surface area contributed by atoms with Crippen LogP contribution in [0.15, 0.2) is 22.8 Å². The molecule has 1 aromatic rings. The van der Waals surface area contributed by atoms with Crippen molar-refractivity contribution in [3.05, 3.63) is 24.2 Å². The molecule has 6 heteroatoms. The van der Waals surface area contributed by atoms with Crippen LogP contribution in [0.2, 0.25) is 0 Å². The Morgan fingerprint density at radius 3 is 3.14 bits per heavy atom. The van der Waals surface area contributed by atoms with Crippen LogP contribution >= 0.6 is 0 Å². The average Bonchev–Trinajstić information content (AvgIpc) is 3.15. The van der Waals surface area contributed by atoms with Crippen molar-refractivity contribution in [2.45, 2.75) is 25.4 Å². The highest BCUT2D eigenvalue weighted by molar-refractivity contribution is 5.74. The zero-order valence-electron chi connectivity index (χ0n) is 13.0. The van der Waals surface area contributed by atoms with Gasteiger partial charge in [-0.2, -0.15) is 0 Å². The third-order valence-electron chi connectivity index (χ3n) is 4.07. The van der Waals surface area contributed by atoms with E-state index in [0.717, 1.165) is 38.4 Å². The van der Waals surface area contributed by atoms with E-state index in [-0.39, 0.29) is 18.1 Å². The maximum Gasteiger partial charge on any atom is 0.318 e. The van der Waals surface area contributed by atoms with Crippen molar-refractivity contribution in [1.29, 1.82) is 0 Å². The van der Waals surface area contributed by atoms with Crippen LogP contribution in [0.3, 0.4) is 0 Å². The topological polar surface area (TPSA) is 58.0 Å². The molecule has 118 valence electrons. The molecule has 2 heterocycles. The minimum Gasteiger partial charge on any atom is -0.467 e. The number of methoxy groups -OCH3 is 1. The van der Waals surface area contributed by atoms with Gasteiger partial charge in [0.2, 0.25) is 0 Å². The molecule has 6 nitrogen and oxygen atoms in total. The molecule has 1 fully saturated rings. The number of carbonyl (C=O) groups is 1. The van der Waals surface area contributed by atoms with Crippen molar-refractivity contribution in [2.24, 2.45) is 0 Å². The first-order valence-electron chi connectivity index (χ1n) is 7.40. The van der Waals surface area contributed by atoms with Crippen LogP contribution in [0.4, 0.5) is 4.79 Å². The highest BCUT2D eigenvalue weighted by Crippen LogP contribution is 2.19. The molecule has 2 amide bonds. The molecule has 1 aliphatic rings. The van der Waals surface area contributed by atoms with Crippen molar-refractivity contribution >= 4 is 6.03 Å². The summed E-state index contributed by atoms with van der Waals surface area (Å²) in [4.78, 5) is 16.3. The Balaban J connectivity index is 1.79. The van der Waals surface area contributed by atoms with Gasteiger partial charge in [-0.3, -0.25) is 4.90 Å². The Labute approximate surface area is 126 Å². The molecule has 1 saturated heterocycles. The van der Waals surface area contributed by atoms with Crippen LogP contribution in [0.25, 0.3) is 0 Å². The predicted molar refractivity (Wildman–Crippen MR) is 80.1 cm³/mol. The van der Waals surface area contributed by atoms with E-state index in [0.29, 0.717) is 0 Å². The fourth-order valence-electron chi connectivity index (χ4n) is 2.55. The minimum atomic E-state index is -0.0778. The van der Waals surface area contributed by atoms with Crippen LogP contribution in [0.5, 0.6) is 0 Å². The van der Waals surface area contributed by atoms with Gasteiger partial charge in [0.25, 0.3) is 0 Å². The predicted octanol–water partition coefficient (Wildman–Crippen LogP) is 1.70. The summed E-state index contributed by atoms with van der Waals surface area (Å²) in [6.07, 6.45) is 2.61. The molecule has 0 bridgehead atoms. The smallest absolute Gasteiger partial charge is 0.318 e. The lowest BCUT2D eigenvalue weighted by molar-refractivity contribution is 0.158. The first-order chi connectivity index (χ1) is 10.1. The molecule has 0 saturated carbocycles. The molecular formula is C15H25N3O3. The Morgan fingerprint density at radius 2 is 2.48 bits per heavy atom. The normalized spacial score (nSPS) is 20.4. The monoisotopic (exact) mass is 295 g/mol. The number of carbonyl (C=O) groups excluding carboxylic acids is 1. The van der Waals surface area contributed by atoms with E-state index in [1.165, 1.54) is 0 Å². The van der Waals surface area contributed by atoms with Crippen molar-refractivity contribution in [1.82, 2.24) is 15.1 Å². The Morgan fingerprint density at radius 1 is 1.67 bits per heavy atom. The summed E-state index contributed by atoms with van der Waals surface area (Å²) >= 11 is 0. The van der Waals surface area contributed by atoms with Gasteiger partial charge in [0.15, 0.2) is 0 Å². The van der Waals surface area contributed by atoms with E-state index in [1.54, 1.807) is 25.3 Å². The first kappa shape index (κ1) is 15.9. The summed E-state index contributed by atoms with van der Waals surface area (Å²) in [5.41, 5.74) is 0. The molecular weight excluding hydrogens is 270 g/mol. The van der Waals surface area contributed by atoms with Gasteiger partial charge in [0.05, 0.1) is 18.9 Å². The van der Waals surface area contributed by atoms with Gasteiger partial charge in [0.1, 0.15) is 5.76 Å². The number of ether oxygens (including phenoxy) is 1. The van der Waals surface area contributed by atoms with Gasteiger partial charge in [-0.05, 0) is 25.5 Å². The Hall–Kier alpha value is -1.53. The van der Waals surface area contributed by atoms with Gasteiger partial charge in [-0.25, -0.2) is 4.79 Å². The fourth-order valence-corrected chi connectivity index (χ4v) is 2.55. The molecule has 0 aliphatic carbocycles. The van der Waals surface area contributed by atoms with E-state index in [9.17, 15) is 4.79 Å². The number of furan rings is 1. The second-order valence-electron chi connectivity index (χ2n) is 5.53. The highest BCUT2D eigenvalue weighted by Gasteiger charge is 2.26. The molecule has 2 rings (SSSR count). The summed E-state index contributed by atoms with van der Waals surface area (Å²) in [6, 6.07) is 3.79. The Kier molecular flexibility index (Phi) is 5.64. The highest BCUT2D eigenvalue weighted by atomic mass is 16.5. The quantitative estimate of drug-likeness (QED) is 0.868. The van der Waals surface area contributed by atoms with Gasteiger partial charge in [-0.15, -0.1) is 0 Å². The second kappa shape index (κ2) is 7.47. The van der Waals surface area contributed by atoms with Crippen LogP contribution in [0.1, 0.15) is 25.1 Å². The molecule has 21 heavy (non-hydrogen) atoms. The molecule has 0 radical (unpaired) electrons. The van der Waals surface area contributed by atoms with Crippen molar-refractivity contribution < 1.29 is 13.9 Å². The van der Waals surface area contributed by atoms with Crippen LogP contribution < -0.4 is 5.32 Å². The summed E-state index contributed by atoms with van der Waals surface area (Å²) in [6.45, 7) is 5.50. The SMILES string of the molecule is COCCN1CC[C@@H](NC(=O)N(C)[C@H](C)c2ccco2)C1. The standard InChI is InChI=1S/C15H25N3O3/c1-12(14-5-4-9-21-14)17(2)15(19)16-13-6-7-18(11-13)8-10-20-3/h4-5,9,12-13H,6-8,10-11H2,1-3H3,(H,16,19)/t12-,13-/m1/s1. The van der Waals surface area contributed by atoms with E-state index in [2.05, 4.69) is 10.2 Å². The number of urea groups is 1. The number of likely N-dealkylation sites (tertiary alicyclic amines) is 1. The molecule has 1 aromatic heterocycles. The van der Waals surface area contributed by atoms with E-state index >= 15 is 0 Å². The number of rotatable bonds is 6. The number of hydrogen-bond acceptors (Lipinski definition) is 4. The number of amides is 2. The third-order valence-corrected chi connectivity index (χ3v) is 4.07. The average molecular weight is 295 g/mol. The molecule has 0 aromatic carbocycles. The molecule has 0 unspecified atom stereocenters. The number of hydrogen-bond donors (Lipinski definition) is 1. The molecule has 0 spiro atoms. The lowest BCUT2D eigenvalue weighted by Crippen LogP contribution is -2.45. The van der Waals surface area contributed by atoms with Gasteiger partial charge in [0, 0.05) is 39.8 Å². The molecule has 1 N–H and O–H groups in total. The van der Waals surface area contributed by atoms with E-state index in [1.807, 2.05) is 19.1 Å². The van der Waals surface area contributed by atoms with Crippen LogP contribution in [-0.2, 0) is 4.74 Å². The number of nitrogens with one attached hydrogen (secondary N) is 1. The maximum absolute atomic E-state index is 12.3. The van der Waals surface area contributed by atoms with Crippen molar-refractivity contribution in [2.75, 3.05) is 40.4 Å². The van der Waals surface area contributed by atoms with Gasteiger partial charge >= 0.3 is 6.03 Å². The molecule has 2 atom stereocenters. The van der Waals surface area contributed by atoms with Crippen LogP contribution in [0, 0.1) is 0 Å². The number of nitrogens with zero attached hydrogens (tertiary/aromatic N) is 2. The van der Waals surface area contributed by atoms with Gasteiger partial charge in [-0.1, -0.05) is 0 Å². The lowest BCUT2D eigenvalue weighted by atomic mass is 10.2. The Bertz CT molecular complexity index is 435. The van der Waals surface area contributed by atoms with Crippen LogP contribution in [-0.4, -0.2) is 62.3 Å². The maximum atomic E-state index is 12.3. The summed E-state index contributed by atoms with van der Waals surface area (Å²) in [7, 11) is 3.50. The second-order valence-corrected chi connectivity index (χ2v) is 5.53. The van der Waals surface area contributed by atoms with Gasteiger partial charge < -0.3 is 19.4 Å².